The van der Waals surface area contributed by atoms with Crippen molar-refractivity contribution >= 4 is 41.8 Å². The average Bonchev–Trinajstić information content (AvgIpc) is 2.93. The van der Waals surface area contributed by atoms with Crippen molar-refractivity contribution in [2.45, 2.75) is 48.5 Å². The van der Waals surface area contributed by atoms with Gasteiger partial charge in [0.05, 0.1) is 11.1 Å². The van der Waals surface area contributed by atoms with Crippen LogP contribution in [0.25, 0.3) is 22.3 Å². The van der Waals surface area contributed by atoms with Gasteiger partial charge >= 0.3 is 0 Å². The summed E-state index contributed by atoms with van der Waals surface area (Å²) in [5.41, 5.74) is -0.221. The molecule has 21 heteroatoms. The molecule has 0 spiro atoms. The van der Waals surface area contributed by atoms with Crippen molar-refractivity contribution < 1.29 is 105 Å². The summed E-state index contributed by atoms with van der Waals surface area (Å²) in [5.74, 6) is -9.60. The average molecular weight is 763 g/mol. The number of hydrogen-bond acceptors (Lipinski definition) is 14. The number of aromatic hydroxyl groups is 7. The molecule has 3 aromatic carbocycles. The van der Waals surface area contributed by atoms with E-state index in [2.05, 4.69) is 0 Å². The molecule has 0 atom stereocenters. The summed E-state index contributed by atoms with van der Waals surface area (Å²) in [6, 6.07) is 8.87. The minimum atomic E-state index is -0.833. The monoisotopic (exact) mass is 762 g/mol. The largest absolute Gasteiger partial charge is 0.508 e. The van der Waals surface area contributed by atoms with Crippen molar-refractivity contribution in [3.05, 3.63) is 42.5 Å². The van der Waals surface area contributed by atoms with Crippen LogP contribution in [0.4, 0.5) is 0 Å². The van der Waals surface area contributed by atoms with Gasteiger partial charge in [0.25, 0.3) is 41.8 Å². The quantitative estimate of drug-likeness (QED) is 0.131. The predicted octanol–water partition coefficient (Wildman–Crippen LogP) is 3.60. The molecule has 0 bridgehead atoms. The topological polar surface area (TPSA) is 403 Å². The van der Waals surface area contributed by atoms with Crippen LogP contribution in [0.2, 0.25) is 0 Å². The number of carboxylic acid groups (broad SMARTS) is 7. The van der Waals surface area contributed by atoms with Crippen LogP contribution in [-0.2, 0) is 33.6 Å². The van der Waals surface area contributed by atoms with Gasteiger partial charge in [0.15, 0.2) is 34.5 Å². The van der Waals surface area contributed by atoms with Gasteiger partial charge in [-0.2, -0.15) is 0 Å². The van der Waals surface area contributed by atoms with E-state index in [4.69, 9.17) is 69.3 Å². The van der Waals surface area contributed by atoms with Crippen LogP contribution in [0.1, 0.15) is 48.5 Å². The Morgan fingerprint density at radius 1 is 0.340 bits per heavy atom. The van der Waals surface area contributed by atoms with Gasteiger partial charge in [-0.25, -0.2) is 0 Å². The Bertz CT molecular complexity index is 1470. The summed E-state index contributed by atoms with van der Waals surface area (Å²) in [6.07, 6.45) is 0. The summed E-state index contributed by atoms with van der Waals surface area (Å²) in [7, 11) is 0. The molecule has 0 amide bonds. The van der Waals surface area contributed by atoms with E-state index >= 15 is 0 Å². The number of phenols is 7. The molecule has 3 rings (SSSR count). The summed E-state index contributed by atoms with van der Waals surface area (Å²) in [4.78, 5) is 63.0. The van der Waals surface area contributed by atoms with Gasteiger partial charge in [0.1, 0.15) is 5.75 Å². The lowest BCUT2D eigenvalue weighted by Gasteiger charge is -2.16. The molecule has 14 N–H and O–H groups in total. The molecule has 0 heterocycles. The van der Waals surface area contributed by atoms with E-state index in [1.165, 1.54) is 30.3 Å². The summed E-state index contributed by atoms with van der Waals surface area (Å²) < 4.78 is 0. The van der Waals surface area contributed by atoms with Gasteiger partial charge in [0.2, 0.25) is 0 Å². The molecule has 21 nitrogen and oxygen atoms in total. The molecule has 0 radical (unpaired) electrons. The molecule has 0 aliphatic rings. The van der Waals surface area contributed by atoms with Crippen molar-refractivity contribution in [3.63, 3.8) is 0 Å². The van der Waals surface area contributed by atoms with E-state index in [1.54, 1.807) is 0 Å². The highest BCUT2D eigenvalue weighted by molar-refractivity contribution is 5.92. The lowest BCUT2D eigenvalue weighted by atomic mass is 9.95. The van der Waals surface area contributed by atoms with Crippen LogP contribution < -0.4 is 0 Å². The number of hydrogen-bond donors (Lipinski definition) is 14. The number of carbonyl (C=O) groups is 7. The van der Waals surface area contributed by atoms with Crippen molar-refractivity contribution in [1.29, 1.82) is 0 Å². The Labute approximate surface area is 300 Å². The smallest absolute Gasteiger partial charge is 0.300 e. The molecule has 0 aromatic heterocycles. The molecule has 53 heavy (non-hydrogen) atoms. The van der Waals surface area contributed by atoms with Crippen molar-refractivity contribution in [1.82, 2.24) is 0 Å². The Balaban J connectivity index is -0.000000223. The highest BCUT2D eigenvalue weighted by atomic mass is 16.4. The minimum Gasteiger partial charge on any atom is -0.508 e. The normalized spacial score (nSPS) is 8.36. The first kappa shape index (κ1) is 55.0. The molecule has 296 valence electrons. The van der Waals surface area contributed by atoms with Gasteiger partial charge in [-0.15, -0.1) is 0 Å². The Morgan fingerprint density at radius 2 is 0.547 bits per heavy atom. The third-order valence-electron chi connectivity index (χ3n) is 3.82. The maximum Gasteiger partial charge on any atom is 0.300 e. The van der Waals surface area contributed by atoms with E-state index < -0.39 is 76.3 Å². The zero-order valence-electron chi connectivity index (χ0n) is 29.2. The first-order valence-electron chi connectivity index (χ1n) is 13.6. The van der Waals surface area contributed by atoms with E-state index in [9.17, 15) is 35.7 Å². The second-order valence-electron chi connectivity index (χ2n) is 9.03. The molecule has 0 saturated carbocycles. The second-order valence-corrected chi connectivity index (χ2v) is 9.03. The van der Waals surface area contributed by atoms with Crippen LogP contribution in [0.3, 0.4) is 0 Å². The van der Waals surface area contributed by atoms with Gasteiger partial charge in [-0.05, 0) is 35.4 Å². The second kappa shape index (κ2) is 29.5. The van der Waals surface area contributed by atoms with Crippen molar-refractivity contribution in [3.8, 4) is 62.5 Å². The highest BCUT2D eigenvalue weighted by Gasteiger charge is 2.25. The molecule has 0 aliphatic carbocycles. The zero-order valence-corrected chi connectivity index (χ0v) is 29.2. The number of phenolic OH excluding ortho intramolecular Hbond substituents is 7. The van der Waals surface area contributed by atoms with Crippen molar-refractivity contribution in [2.75, 3.05) is 0 Å². The van der Waals surface area contributed by atoms with Crippen LogP contribution in [0.15, 0.2) is 42.5 Å². The van der Waals surface area contributed by atoms with E-state index in [1.807, 2.05) is 0 Å². The first-order chi connectivity index (χ1) is 23.9. The molecule has 0 aliphatic heterocycles. The standard InChI is InChI=1S/C18H14O7.7C2H4O2/c19-10-4-1-8(2-5-10)13-15(22)17(24)14(18(25)16(13)23)9-3-6-11(20)12(21)7-9;7*1-2(3)4/h1-7,19-25H;7*1H3,(H,3,4). The molecule has 0 fully saturated rings. The van der Waals surface area contributed by atoms with E-state index in [0.717, 1.165) is 60.6 Å². The molecule has 0 saturated heterocycles. The predicted molar refractivity (Wildman–Crippen MR) is 182 cm³/mol. The third-order valence-corrected chi connectivity index (χ3v) is 3.82. The summed E-state index contributed by atoms with van der Waals surface area (Å²) >= 11 is 0. The Hall–Kier alpha value is -7.45. The SMILES string of the molecule is CC(=O)O.CC(=O)O.CC(=O)O.CC(=O)O.CC(=O)O.CC(=O)O.CC(=O)O.Oc1ccc(-c2c(O)c(O)c(-c3ccc(O)c(O)c3)c(O)c2O)cc1. The van der Waals surface area contributed by atoms with Crippen LogP contribution in [0.5, 0.6) is 40.2 Å². The molecular formula is C32H42O21. The van der Waals surface area contributed by atoms with Crippen LogP contribution >= 0.6 is 0 Å². The fourth-order valence-electron chi connectivity index (χ4n) is 2.55. The van der Waals surface area contributed by atoms with Gasteiger partial charge in [0, 0.05) is 48.5 Å². The molecular weight excluding hydrogens is 720 g/mol. The first-order valence-corrected chi connectivity index (χ1v) is 13.6. The number of carboxylic acids is 7. The summed E-state index contributed by atoms with van der Waals surface area (Å²) in [5, 5.41) is 121. The third kappa shape index (κ3) is 35.7. The Morgan fingerprint density at radius 3 is 0.774 bits per heavy atom. The van der Waals surface area contributed by atoms with Crippen molar-refractivity contribution in [2.24, 2.45) is 0 Å². The summed E-state index contributed by atoms with van der Waals surface area (Å²) in [6.45, 7) is 7.58. The number of rotatable bonds is 2. The van der Waals surface area contributed by atoms with Crippen LogP contribution in [0, 0.1) is 0 Å². The maximum atomic E-state index is 10.3. The van der Waals surface area contributed by atoms with Crippen LogP contribution in [-0.4, -0.2) is 113 Å². The minimum absolute atomic E-state index is 0.0348. The highest BCUT2D eigenvalue weighted by Crippen LogP contribution is 2.55. The zero-order chi connectivity index (χ0) is 43.3. The van der Waals surface area contributed by atoms with Gasteiger partial charge < -0.3 is 71.5 Å². The fourth-order valence-corrected chi connectivity index (χ4v) is 2.55. The van der Waals surface area contributed by atoms with Gasteiger partial charge in [-0.1, -0.05) is 18.2 Å². The van der Waals surface area contributed by atoms with Gasteiger partial charge in [-0.3, -0.25) is 33.6 Å². The fraction of sp³-hybridized carbons (Fsp3) is 0.219. The van der Waals surface area contributed by atoms with E-state index in [0.29, 0.717) is 0 Å². The number of aliphatic carboxylic acids is 7. The Kier molecular flexibility index (Phi) is 30.6. The maximum absolute atomic E-state index is 10.3. The number of benzene rings is 3. The lowest BCUT2D eigenvalue weighted by Crippen LogP contribution is -1.88. The molecule has 0 unspecified atom stereocenters. The van der Waals surface area contributed by atoms with E-state index in [-0.39, 0.29) is 28.0 Å². The molecule has 3 aromatic rings. The lowest BCUT2D eigenvalue weighted by molar-refractivity contribution is -0.135.